The van der Waals surface area contributed by atoms with Gasteiger partial charge in [-0.3, -0.25) is 4.90 Å². The van der Waals surface area contributed by atoms with Gasteiger partial charge < -0.3 is 15.5 Å². The third-order valence-electron chi connectivity index (χ3n) is 5.95. The van der Waals surface area contributed by atoms with Crippen molar-refractivity contribution in [2.75, 3.05) is 42.9 Å². The number of fused-ring (bicyclic) bond motifs is 1. The highest BCUT2D eigenvalue weighted by Gasteiger charge is 2.20. The molecule has 1 fully saturated rings. The van der Waals surface area contributed by atoms with E-state index in [0.717, 1.165) is 57.1 Å². The summed E-state index contributed by atoms with van der Waals surface area (Å²) in [6.45, 7) is 9.25. The summed E-state index contributed by atoms with van der Waals surface area (Å²) < 4.78 is 5.96. The van der Waals surface area contributed by atoms with Crippen LogP contribution in [0.2, 0.25) is 0 Å². The maximum absolute atomic E-state index is 11.9. The predicted molar refractivity (Wildman–Crippen MR) is 130 cm³/mol. The topological polar surface area (TPSA) is 60.5 Å². The van der Waals surface area contributed by atoms with Gasteiger partial charge in [-0.15, -0.1) is 0 Å². The van der Waals surface area contributed by atoms with Crippen molar-refractivity contribution in [3.8, 4) is 0 Å². The number of hydrogen-bond donors (Lipinski definition) is 2. The SMILES string of the molecule is CCC(C)NC(=O)Nc1ccc(CCN2CCN(c3nsc4ccccc34)CC2)cc1. The number of benzene rings is 2. The van der Waals surface area contributed by atoms with Gasteiger partial charge in [0.25, 0.3) is 0 Å². The highest BCUT2D eigenvalue weighted by atomic mass is 32.1. The Hall–Kier alpha value is -2.64. The molecule has 1 aromatic heterocycles. The Kier molecular flexibility index (Phi) is 7.04. The zero-order chi connectivity index (χ0) is 21.6. The zero-order valence-electron chi connectivity index (χ0n) is 18.3. The minimum atomic E-state index is -0.145. The van der Waals surface area contributed by atoms with E-state index in [4.69, 9.17) is 4.37 Å². The average molecular weight is 438 g/mol. The smallest absolute Gasteiger partial charge is 0.319 e. The number of piperazine rings is 1. The monoisotopic (exact) mass is 437 g/mol. The summed E-state index contributed by atoms with van der Waals surface area (Å²) in [7, 11) is 0. The molecule has 1 aliphatic rings. The second kappa shape index (κ2) is 10.1. The van der Waals surface area contributed by atoms with E-state index < -0.39 is 0 Å². The molecule has 4 rings (SSSR count). The first-order chi connectivity index (χ1) is 15.1. The Morgan fingerprint density at radius 3 is 2.58 bits per heavy atom. The van der Waals surface area contributed by atoms with Crippen molar-refractivity contribution in [3.63, 3.8) is 0 Å². The number of urea groups is 1. The highest BCUT2D eigenvalue weighted by molar-refractivity contribution is 7.13. The lowest BCUT2D eigenvalue weighted by Gasteiger charge is -2.35. The number of rotatable bonds is 7. The number of hydrogen-bond acceptors (Lipinski definition) is 5. The summed E-state index contributed by atoms with van der Waals surface area (Å²) in [4.78, 5) is 16.9. The number of carbonyl (C=O) groups is 1. The van der Waals surface area contributed by atoms with Crippen LogP contribution in [0, 0.1) is 0 Å². The Morgan fingerprint density at radius 1 is 1.10 bits per heavy atom. The number of nitrogens with one attached hydrogen (secondary N) is 2. The molecule has 0 bridgehead atoms. The summed E-state index contributed by atoms with van der Waals surface area (Å²) in [6, 6.07) is 16.7. The van der Waals surface area contributed by atoms with Crippen LogP contribution < -0.4 is 15.5 Å². The lowest BCUT2D eigenvalue weighted by atomic mass is 10.1. The minimum absolute atomic E-state index is 0.145. The van der Waals surface area contributed by atoms with Crippen LogP contribution in [0.3, 0.4) is 0 Å². The Bertz CT molecular complexity index is 995. The van der Waals surface area contributed by atoms with Crippen LogP contribution in [0.1, 0.15) is 25.8 Å². The fourth-order valence-electron chi connectivity index (χ4n) is 3.82. The molecule has 0 saturated carbocycles. The molecular weight excluding hydrogens is 406 g/mol. The van der Waals surface area contributed by atoms with Crippen LogP contribution in [0.4, 0.5) is 16.3 Å². The lowest BCUT2D eigenvalue weighted by molar-refractivity contribution is 0.249. The van der Waals surface area contributed by atoms with Gasteiger partial charge in [0, 0.05) is 49.8 Å². The van der Waals surface area contributed by atoms with Gasteiger partial charge in [-0.1, -0.05) is 31.2 Å². The maximum Gasteiger partial charge on any atom is 0.319 e. The summed E-state index contributed by atoms with van der Waals surface area (Å²) in [5.74, 6) is 1.14. The van der Waals surface area contributed by atoms with Gasteiger partial charge in [0.15, 0.2) is 0 Å². The molecule has 0 aliphatic carbocycles. The molecule has 31 heavy (non-hydrogen) atoms. The first-order valence-corrected chi connectivity index (χ1v) is 11.9. The molecular formula is C24H31N5OS. The van der Waals surface area contributed by atoms with Crippen LogP contribution in [0.25, 0.3) is 10.1 Å². The summed E-state index contributed by atoms with van der Waals surface area (Å²) in [6.07, 6.45) is 1.93. The number of aromatic nitrogens is 1. The van der Waals surface area contributed by atoms with Gasteiger partial charge in [-0.05, 0) is 61.1 Å². The Balaban J connectivity index is 1.23. The molecule has 6 nitrogen and oxygen atoms in total. The Morgan fingerprint density at radius 2 is 1.84 bits per heavy atom. The van der Waals surface area contributed by atoms with Crippen molar-refractivity contribution in [1.82, 2.24) is 14.6 Å². The summed E-state index contributed by atoms with van der Waals surface area (Å²) in [5.41, 5.74) is 2.12. The second-order valence-electron chi connectivity index (χ2n) is 8.19. The highest BCUT2D eigenvalue weighted by Crippen LogP contribution is 2.29. The third-order valence-corrected chi connectivity index (χ3v) is 6.77. The molecule has 2 aromatic carbocycles. The number of carbonyl (C=O) groups excluding carboxylic acids is 1. The van der Waals surface area contributed by atoms with E-state index in [-0.39, 0.29) is 12.1 Å². The number of nitrogens with zero attached hydrogens (tertiary/aromatic N) is 3. The molecule has 1 unspecified atom stereocenters. The molecule has 0 radical (unpaired) electrons. The van der Waals surface area contributed by atoms with Crippen molar-refractivity contribution >= 4 is 39.2 Å². The average Bonchev–Trinajstić information content (AvgIpc) is 3.23. The summed E-state index contributed by atoms with van der Waals surface area (Å²) >= 11 is 1.59. The largest absolute Gasteiger partial charge is 0.353 e. The molecule has 2 N–H and O–H groups in total. The minimum Gasteiger partial charge on any atom is -0.353 e. The molecule has 7 heteroatoms. The molecule has 164 valence electrons. The molecule has 2 heterocycles. The van der Waals surface area contributed by atoms with E-state index in [0.29, 0.717) is 0 Å². The lowest BCUT2D eigenvalue weighted by Crippen LogP contribution is -2.47. The molecule has 1 atom stereocenters. The normalized spacial score (nSPS) is 15.7. The van der Waals surface area contributed by atoms with Gasteiger partial charge >= 0.3 is 6.03 Å². The molecule has 0 spiro atoms. The molecule has 2 amide bonds. The van der Waals surface area contributed by atoms with Crippen molar-refractivity contribution in [1.29, 1.82) is 0 Å². The van der Waals surface area contributed by atoms with Gasteiger partial charge in [0.1, 0.15) is 5.82 Å². The number of anilines is 2. The van der Waals surface area contributed by atoms with E-state index in [1.807, 2.05) is 19.1 Å². The van der Waals surface area contributed by atoms with Gasteiger partial charge in [0.05, 0.1) is 4.70 Å². The van der Waals surface area contributed by atoms with E-state index in [1.165, 1.54) is 15.6 Å². The van der Waals surface area contributed by atoms with Gasteiger partial charge in [-0.2, -0.15) is 4.37 Å². The van der Waals surface area contributed by atoms with Crippen LogP contribution in [0.5, 0.6) is 0 Å². The predicted octanol–water partition coefficient (Wildman–Crippen LogP) is 4.58. The van der Waals surface area contributed by atoms with Crippen LogP contribution in [0.15, 0.2) is 48.5 Å². The maximum atomic E-state index is 11.9. The Labute approximate surface area is 188 Å². The first-order valence-electron chi connectivity index (χ1n) is 11.1. The van der Waals surface area contributed by atoms with E-state index in [2.05, 4.69) is 63.8 Å². The third kappa shape index (κ3) is 5.54. The molecule has 1 aliphatic heterocycles. The van der Waals surface area contributed by atoms with Crippen LogP contribution >= 0.6 is 11.5 Å². The summed E-state index contributed by atoms with van der Waals surface area (Å²) in [5, 5.41) is 7.09. The van der Waals surface area contributed by atoms with Crippen LogP contribution in [-0.4, -0.2) is 54.1 Å². The van der Waals surface area contributed by atoms with Gasteiger partial charge in [0.2, 0.25) is 0 Å². The number of amides is 2. The fraction of sp³-hybridized carbons (Fsp3) is 0.417. The fourth-order valence-corrected chi connectivity index (χ4v) is 4.61. The zero-order valence-corrected chi connectivity index (χ0v) is 19.1. The molecule has 1 saturated heterocycles. The van der Waals surface area contributed by atoms with E-state index in [1.54, 1.807) is 11.5 Å². The van der Waals surface area contributed by atoms with E-state index in [9.17, 15) is 4.79 Å². The second-order valence-corrected chi connectivity index (χ2v) is 8.99. The van der Waals surface area contributed by atoms with Crippen molar-refractivity contribution in [2.45, 2.75) is 32.7 Å². The quantitative estimate of drug-likeness (QED) is 0.568. The van der Waals surface area contributed by atoms with Crippen molar-refractivity contribution in [2.24, 2.45) is 0 Å². The van der Waals surface area contributed by atoms with Crippen molar-refractivity contribution < 1.29 is 4.79 Å². The van der Waals surface area contributed by atoms with Gasteiger partial charge in [-0.25, -0.2) is 4.79 Å². The first kappa shape index (κ1) is 21.6. The molecule has 3 aromatic rings. The van der Waals surface area contributed by atoms with E-state index >= 15 is 0 Å². The van der Waals surface area contributed by atoms with Crippen molar-refractivity contribution in [3.05, 3.63) is 54.1 Å². The van der Waals surface area contributed by atoms with Crippen LogP contribution in [-0.2, 0) is 6.42 Å². The standard InChI is InChI=1S/C24H31N5OS/c1-3-18(2)25-24(30)26-20-10-8-19(9-11-20)12-13-28-14-16-29(17-15-28)23-21-6-4-5-7-22(21)31-27-23/h4-11,18H,3,12-17H2,1-2H3,(H2,25,26,30).